The number of anilines is 1. The number of para-hydroxylation sites is 1. The number of benzene rings is 2. The number of nitrogens with zero attached hydrogens (tertiary/aromatic N) is 3. The number of amides is 2. The third-order valence-electron chi connectivity index (χ3n) is 4.98. The predicted octanol–water partition coefficient (Wildman–Crippen LogP) is 2.55. The van der Waals surface area contributed by atoms with Gasteiger partial charge in [-0.25, -0.2) is 4.68 Å². The summed E-state index contributed by atoms with van der Waals surface area (Å²) in [5, 5.41) is 7.26. The average Bonchev–Trinajstić information content (AvgIpc) is 3.39. The summed E-state index contributed by atoms with van der Waals surface area (Å²) in [5.74, 6) is 0.114. The molecule has 7 nitrogen and oxygen atoms in total. The predicted molar refractivity (Wildman–Crippen MR) is 109 cm³/mol. The molecule has 1 fully saturated rings. The summed E-state index contributed by atoms with van der Waals surface area (Å²) < 4.78 is 6.99. The highest BCUT2D eigenvalue weighted by Crippen LogP contribution is 2.28. The van der Waals surface area contributed by atoms with Crippen molar-refractivity contribution in [3.05, 3.63) is 72.6 Å². The molecule has 0 spiro atoms. The van der Waals surface area contributed by atoms with Crippen molar-refractivity contribution < 1.29 is 14.3 Å². The van der Waals surface area contributed by atoms with Crippen LogP contribution in [0.1, 0.15) is 12.0 Å². The minimum atomic E-state index is -0.377. The van der Waals surface area contributed by atoms with Gasteiger partial charge in [-0.1, -0.05) is 24.3 Å². The summed E-state index contributed by atoms with van der Waals surface area (Å²) in [5.41, 5.74) is 2.60. The van der Waals surface area contributed by atoms with Crippen LogP contribution >= 0.6 is 0 Å². The van der Waals surface area contributed by atoms with Gasteiger partial charge in [-0.2, -0.15) is 5.10 Å². The van der Waals surface area contributed by atoms with E-state index in [4.69, 9.17) is 4.74 Å². The van der Waals surface area contributed by atoms with Crippen molar-refractivity contribution in [2.24, 2.45) is 5.92 Å². The number of hydrogen-bond donors (Lipinski definition) is 1. The Labute approximate surface area is 168 Å². The van der Waals surface area contributed by atoms with Crippen LogP contribution in [-0.4, -0.2) is 35.2 Å². The van der Waals surface area contributed by atoms with Gasteiger partial charge in [0.2, 0.25) is 11.8 Å². The normalized spacial score (nSPS) is 16.1. The first kappa shape index (κ1) is 18.7. The third kappa shape index (κ3) is 4.13. The van der Waals surface area contributed by atoms with E-state index in [1.165, 1.54) is 0 Å². The van der Waals surface area contributed by atoms with E-state index in [-0.39, 0.29) is 24.2 Å². The molecule has 1 N–H and O–H groups in total. The van der Waals surface area contributed by atoms with Crippen molar-refractivity contribution in [3.8, 4) is 11.4 Å². The highest BCUT2D eigenvalue weighted by Gasteiger charge is 2.35. The molecule has 1 saturated heterocycles. The molecule has 1 atom stereocenters. The second-order valence-corrected chi connectivity index (χ2v) is 6.95. The Hall–Kier alpha value is -3.61. The fourth-order valence-corrected chi connectivity index (χ4v) is 3.42. The Morgan fingerprint density at radius 2 is 1.97 bits per heavy atom. The fourth-order valence-electron chi connectivity index (χ4n) is 3.42. The van der Waals surface area contributed by atoms with E-state index in [2.05, 4.69) is 10.4 Å². The summed E-state index contributed by atoms with van der Waals surface area (Å²) in [6.45, 7) is 0.733. The number of methoxy groups -OCH3 is 1. The second-order valence-electron chi connectivity index (χ2n) is 6.95. The molecule has 0 bridgehead atoms. The number of carbonyl (C=O) groups is 2. The molecular weight excluding hydrogens is 368 g/mol. The molecule has 29 heavy (non-hydrogen) atoms. The van der Waals surface area contributed by atoms with E-state index in [0.29, 0.717) is 18.8 Å². The van der Waals surface area contributed by atoms with Crippen LogP contribution in [0.15, 0.2) is 67.0 Å². The third-order valence-corrected chi connectivity index (χ3v) is 4.98. The number of carbonyl (C=O) groups excluding carboxylic acids is 2. The van der Waals surface area contributed by atoms with Gasteiger partial charge in [0, 0.05) is 43.0 Å². The van der Waals surface area contributed by atoms with E-state index >= 15 is 0 Å². The molecule has 0 unspecified atom stereocenters. The SMILES string of the molecule is COc1cccc(N2C[C@H](C(=O)NCc3cnn(-c4ccccc4)c3)CC2=O)c1. The number of hydrogen-bond acceptors (Lipinski definition) is 4. The first-order chi connectivity index (χ1) is 14.1. The Morgan fingerprint density at radius 3 is 2.76 bits per heavy atom. The van der Waals surface area contributed by atoms with E-state index in [0.717, 1.165) is 16.9 Å². The monoisotopic (exact) mass is 390 g/mol. The topological polar surface area (TPSA) is 76.5 Å². The number of aromatic nitrogens is 2. The molecule has 4 rings (SSSR count). The lowest BCUT2D eigenvalue weighted by atomic mass is 10.1. The molecule has 1 aliphatic heterocycles. The zero-order valence-corrected chi connectivity index (χ0v) is 16.1. The van der Waals surface area contributed by atoms with Crippen molar-refractivity contribution >= 4 is 17.5 Å². The molecule has 3 aromatic rings. The van der Waals surface area contributed by atoms with Crippen LogP contribution in [-0.2, 0) is 16.1 Å². The van der Waals surface area contributed by atoms with Gasteiger partial charge < -0.3 is 15.0 Å². The minimum Gasteiger partial charge on any atom is -0.497 e. The standard InChI is InChI=1S/C22H22N4O3/c1-29-20-9-5-8-19(11-20)25-15-17(10-21(25)27)22(28)23-12-16-13-24-26(14-16)18-6-3-2-4-7-18/h2-9,11,13-14,17H,10,12,15H2,1H3,(H,23,28)/t17-/m1/s1. The Morgan fingerprint density at radius 1 is 1.17 bits per heavy atom. The van der Waals surface area contributed by atoms with E-state index in [9.17, 15) is 9.59 Å². The molecule has 2 amide bonds. The molecule has 1 aromatic heterocycles. The van der Waals surface area contributed by atoms with Gasteiger partial charge in [0.1, 0.15) is 5.75 Å². The van der Waals surface area contributed by atoms with Crippen LogP contribution in [0.3, 0.4) is 0 Å². The zero-order chi connectivity index (χ0) is 20.2. The Kier molecular flexibility index (Phi) is 5.29. The van der Waals surface area contributed by atoms with Crippen LogP contribution in [0.4, 0.5) is 5.69 Å². The molecular formula is C22H22N4O3. The fraction of sp³-hybridized carbons (Fsp3) is 0.227. The molecule has 0 saturated carbocycles. The molecule has 2 heterocycles. The van der Waals surface area contributed by atoms with Gasteiger partial charge in [-0.15, -0.1) is 0 Å². The average molecular weight is 390 g/mol. The highest BCUT2D eigenvalue weighted by atomic mass is 16.5. The van der Waals surface area contributed by atoms with Gasteiger partial charge in [-0.3, -0.25) is 9.59 Å². The smallest absolute Gasteiger partial charge is 0.227 e. The maximum absolute atomic E-state index is 12.6. The van der Waals surface area contributed by atoms with Crippen LogP contribution in [0, 0.1) is 5.92 Å². The van der Waals surface area contributed by atoms with Crippen LogP contribution < -0.4 is 15.0 Å². The zero-order valence-electron chi connectivity index (χ0n) is 16.1. The summed E-state index contributed by atoms with van der Waals surface area (Å²) in [7, 11) is 1.58. The summed E-state index contributed by atoms with van der Waals surface area (Å²) >= 11 is 0. The number of nitrogens with one attached hydrogen (secondary N) is 1. The maximum atomic E-state index is 12.6. The van der Waals surface area contributed by atoms with Crippen molar-refractivity contribution in [3.63, 3.8) is 0 Å². The quantitative estimate of drug-likeness (QED) is 0.702. The number of ether oxygens (including phenoxy) is 1. The van der Waals surface area contributed by atoms with Crippen molar-refractivity contribution in [1.82, 2.24) is 15.1 Å². The minimum absolute atomic E-state index is 0.0599. The molecule has 0 aliphatic carbocycles. The summed E-state index contributed by atoms with van der Waals surface area (Å²) in [6, 6.07) is 17.1. The first-order valence-electron chi connectivity index (χ1n) is 9.45. The van der Waals surface area contributed by atoms with Crippen LogP contribution in [0.2, 0.25) is 0 Å². The van der Waals surface area contributed by atoms with E-state index in [1.54, 1.807) is 29.0 Å². The molecule has 148 valence electrons. The molecule has 1 aliphatic rings. The van der Waals surface area contributed by atoms with E-state index < -0.39 is 0 Å². The molecule has 0 radical (unpaired) electrons. The van der Waals surface area contributed by atoms with Crippen molar-refractivity contribution in [2.75, 3.05) is 18.6 Å². The first-order valence-corrected chi connectivity index (χ1v) is 9.45. The van der Waals surface area contributed by atoms with Gasteiger partial charge in [0.15, 0.2) is 0 Å². The number of rotatable bonds is 6. The van der Waals surface area contributed by atoms with E-state index in [1.807, 2.05) is 54.7 Å². The van der Waals surface area contributed by atoms with Gasteiger partial charge in [0.05, 0.1) is 24.9 Å². The highest BCUT2D eigenvalue weighted by molar-refractivity contribution is 6.00. The summed E-state index contributed by atoms with van der Waals surface area (Å²) in [4.78, 5) is 26.7. The Bertz CT molecular complexity index is 1020. The van der Waals surface area contributed by atoms with Crippen molar-refractivity contribution in [2.45, 2.75) is 13.0 Å². The lowest BCUT2D eigenvalue weighted by Crippen LogP contribution is -2.32. The van der Waals surface area contributed by atoms with Gasteiger partial charge in [0.25, 0.3) is 0 Å². The van der Waals surface area contributed by atoms with Gasteiger partial charge >= 0.3 is 0 Å². The lowest BCUT2D eigenvalue weighted by molar-refractivity contribution is -0.126. The summed E-state index contributed by atoms with van der Waals surface area (Å²) in [6.07, 6.45) is 3.82. The molecule has 2 aromatic carbocycles. The van der Waals surface area contributed by atoms with Gasteiger partial charge in [-0.05, 0) is 24.3 Å². The maximum Gasteiger partial charge on any atom is 0.227 e. The molecule has 7 heteroatoms. The van der Waals surface area contributed by atoms with Crippen LogP contribution in [0.5, 0.6) is 5.75 Å². The van der Waals surface area contributed by atoms with Crippen LogP contribution in [0.25, 0.3) is 5.69 Å². The Balaban J connectivity index is 1.36. The largest absolute Gasteiger partial charge is 0.497 e. The second kappa shape index (κ2) is 8.18. The lowest BCUT2D eigenvalue weighted by Gasteiger charge is -2.17. The van der Waals surface area contributed by atoms with Crippen molar-refractivity contribution in [1.29, 1.82) is 0 Å².